The lowest BCUT2D eigenvalue weighted by atomic mass is 9.93. The topological polar surface area (TPSA) is 21.1 Å². The van der Waals surface area contributed by atoms with Gasteiger partial charge in [-0.3, -0.25) is 4.90 Å². The Balaban J connectivity index is 1.56. The first-order valence-electron chi connectivity index (χ1n) is 9.75. The quantitative estimate of drug-likeness (QED) is 0.594. The van der Waals surface area contributed by atoms with Crippen LogP contribution in [0.15, 0.2) is 61.2 Å². The Hall–Kier alpha value is -2.46. The number of aromatic nitrogens is 2. The van der Waals surface area contributed by atoms with Crippen molar-refractivity contribution in [2.45, 2.75) is 25.8 Å². The van der Waals surface area contributed by atoms with Crippen molar-refractivity contribution in [3.05, 3.63) is 78.4 Å². The molecule has 140 valence electrons. The van der Waals surface area contributed by atoms with E-state index >= 15 is 0 Å². The SMILES string of the molecule is C=CCN1CCC(Cc2nc3ccccc3n2Cc2ccc(F)cc2)CC1. The summed E-state index contributed by atoms with van der Waals surface area (Å²) in [5.41, 5.74) is 3.29. The first kappa shape index (κ1) is 17.9. The maximum atomic E-state index is 13.3. The Kier molecular flexibility index (Phi) is 5.35. The van der Waals surface area contributed by atoms with E-state index in [1.165, 1.54) is 25.0 Å². The van der Waals surface area contributed by atoms with Crippen molar-refractivity contribution in [2.75, 3.05) is 19.6 Å². The van der Waals surface area contributed by atoms with E-state index in [0.717, 1.165) is 55.0 Å². The molecule has 3 aromatic rings. The molecule has 2 heterocycles. The highest BCUT2D eigenvalue weighted by atomic mass is 19.1. The fourth-order valence-corrected chi connectivity index (χ4v) is 4.04. The van der Waals surface area contributed by atoms with E-state index < -0.39 is 0 Å². The summed E-state index contributed by atoms with van der Waals surface area (Å²) < 4.78 is 15.6. The number of rotatable bonds is 6. The zero-order valence-electron chi connectivity index (χ0n) is 15.6. The molecule has 1 aliphatic rings. The standard InChI is InChI=1S/C23H26FN3/c1-2-13-26-14-11-18(12-15-26)16-23-25-21-5-3-4-6-22(21)27(23)17-19-7-9-20(24)10-8-19/h2-10,18H,1,11-17H2. The number of imidazole rings is 1. The van der Waals surface area contributed by atoms with Crippen LogP contribution >= 0.6 is 0 Å². The van der Waals surface area contributed by atoms with Crippen LogP contribution in [0.25, 0.3) is 11.0 Å². The summed E-state index contributed by atoms with van der Waals surface area (Å²) in [5, 5.41) is 0. The number of para-hydroxylation sites is 2. The summed E-state index contributed by atoms with van der Waals surface area (Å²) in [6, 6.07) is 15.1. The smallest absolute Gasteiger partial charge is 0.123 e. The van der Waals surface area contributed by atoms with Gasteiger partial charge in [-0.05, 0) is 61.7 Å². The first-order valence-corrected chi connectivity index (χ1v) is 9.75. The second-order valence-corrected chi connectivity index (χ2v) is 7.47. The van der Waals surface area contributed by atoms with Gasteiger partial charge in [-0.15, -0.1) is 6.58 Å². The van der Waals surface area contributed by atoms with Gasteiger partial charge in [-0.25, -0.2) is 9.37 Å². The van der Waals surface area contributed by atoms with Crippen molar-refractivity contribution in [2.24, 2.45) is 5.92 Å². The predicted molar refractivity (Wildman–Crippen MR) is 108 cm³/mol. The number of hydrogen-bond acceptors (Lipinski definition) is 2. The van der Waals surface area contributed by atoms with Gasteiger partial charge >= 0.3 is 0 Å². The summed E-state index contributed by atoms with van der Waals surface area (Å²) >= 11 is 0. The lowest BCUT2D eigenvalue weighted by Gasteiger charge is -2.31. The number of nitrogens with zero attached hydrogens (tertiary/aromatic N) is 3. The summed E-state index contributed by atoms with van der Waals surface area (Å²) in [7, 11) is 0. The number of piperidine rings is 1. The molecule has 1 aliphatic heterocycles. The van der Waals surface area contributed by atoms with Crippen molar-refractivity contribution < 1.29 is 4.39 Å². The molecule has 0 amide bonds. The van der Waals surface area contributed by atoms with Gasteiger partial charge in [0, 0.05) is 19.5 Å². The molecule has 0 atom stereocenters. The van der Waals surface area contributed by atoms with E-state index in [1.54, 1.807) is 0 Å². The highest BCUT2D eigenvalue weighted by molar-refractivity contribution is 5.76. The molecule has 0 spiro atoms. The molecule has 1 saturated heterocycles. The lowest BCUT2D eigenvalue weighted by molar-refractivity contribution is 0.198. The van der Waals surface area contributed by atoms with Gasteiger partial charge in [0.2, 0.25) is 0 Å². The zero-order chi connectivity index (χ0) is 18.6. The van der Waals surface area contributed by atoms with Gasteiger partial charge in [-0.2, -0.15) is 0 Å². The molecule has 0 N–H and O–H groups in total. The van der Waals surface area contributed by atoms with Crippen LogP contribution in [0.1, 0.15) is 24.2 Å². The summed E-state index contributed by atoms with van der Waals surface area (Å²) in [4.78, 5) is 7.40. The minimum absolute atomic E-state index is 0.194. The first-order chi connectivity index (χ1) is 13.2. The monoisotopic (exact) mass is 363 g/mol. The maximum Gasteiger partial charge on any atom is 0.123 e. The van der Waals surface area contributed by atoms with E-state index in [-0.39, 0.29) is 5.82 Å². The van der Waals surface area contributed by atoms with Gasteiger partial charge < -0.3 is 4.57 Å². The Morgan fingerprint density at radius 2 is 1.81 bits per heavy atom. The molecule has 4 rings (SSSR count). The fourth-order valence-electron chi connectivity index (χ4n) is 4.04. The number of fused-ring (bicyclic) bond motifs is 1. The third kappa shape index (κ3) is 4.11. The summed E-state index contributed by atoms with van der Waals surface area (Å²) in [6.07, 6.45) is 5.39. The van der Waals surface area contributed by atoms with Crippen molar-refractivity contribution in [3.63, 3.8) is 0 Å². The minimum Gasteiger partial charge on any atom is -0.323 e. The van der Waals surface area contributed by atoms with E-state index in [2.05, 4.69) is 34.2 Å². The average Bonchev–Trinajstić information content (AvgIpc) is 3.02. The molecule has 0 bridgehead atoms. The van der Waals surface area contributed by atoms with Crippen LogP contribution in [0.3, 0.4) is 0 Å². The third-order valence-corrected chi connectivity index (χ3v) is 5.55. The van der Waals surface area contributed by atoms with Crippen molar-refractivity contribution >= 4 is 11.0 Å². The van der Waals surface area contributed by atoms with Crippen LogP contribution in [0.2, 0.25) is 0 Å². The van der Waals surface area contributed by atoms with Gasteiger partial charge in [0.15, 0.2) is 0 Å². The molecule has 1 aromatic heterocycles. The normalized spacial score (nSPS) is 16.0. The third-order valence-electron chi connectivity index (χ3n) is 5.55. The second-order valence-electron chi connectivity index (χ2n) is 7.47. The number of hydrogen-bond donors (Lipinski definition) is 0. The second kappa shape index (κ2) is 8.05. The van der Waals surface area contributed by atoms with E-state index in [0.29, 0.717) is 5.92 Å². The Morgan fingerprint density at radius 3 is 2.56 bits per heavy atom. The van der Waals surface area contributed by atoms with Crippen LogP contribution in [0, 0.1) is 11.7 Å². The van der Waals surface area contributed by atoms with Crippen LogP contribution in [-0.2, 0) is 13.0 Å². The minimum atomic E-state index is -0.194. The fraction of sp³-hybridized carbons (Fsp3) is 0.348. The highest BCUT2D eigenvalue weighted by Gasteiger charge is 2.21. The molecule has 0 unspecified atom stereocenters. The Labute approximate surface area is 160 Å². The van der Waals surface area contributed by atoms with Gasteiger partial charge in [-0.1, -0.05) is 30.3 Å². The Bertz CT molecular complexity index is 905. The van der Waals surface area contributed by atoms with E-state index in [1.807, 2.05) is 24.3 Å². The van der Waals surface area contributed by atoms with E-state index in [4.69, 9.17) is 4.98 Å². The van der Waals surface area contributed by atoms with Crippen LogP contribution in [0.4, 0.5) is 4.39 Å². The molecule has 1 fully saturated rings. The molecule has 0 aliphatic carbocycles. The molecule has 4 heteroatoms. The number of likely N-dealkylation sites (tertiary alicyclic amines) is 1. The van der Waals surface area contributed by atoms with Gasteiger partial charge in [0.1, 0.15) is 11.6 Å². The van der Waals surface area contributed by atoms with Crippen LogP contribution in [0.5, 0.6) is 0 Å². The van der Waals surface area contributed by atoms with Gasteiger partial charge in [0.05, 0.1) is 11.0 Å². The lowest BCUT2D eigenvalue weighted by Crippen LogP contribution is -2.34. The highest BCUT2D eigenvalue weighted by Crippen LogP contribution is 2.25. The van der Waals surface area contributed by atoms with Gasteiger partial charge in [0.25, 0.3) is 0 Å². The molecular weight excluding hydrogens is 337 g/mol. The molecule has 27 heavy (non-hydrogen) atoms. The zero-order valence-corrected chi connectivity index (χ0v) is 15.6. The largest absolute Gasteiger partial charge is 0.323 e. The summed E-state index contributed by atoms with van der Waals surface area (Å²) in [6.45, 7) is 7.82. The molecule has 3 nitrogen and oxygen atoms in total. The predicted octanol–water partition coefficient (Wildman–Crippen LogP) is 4.66. The van der Waals surface area contributed by atoms with E-state index in [9.17, 15) is 4.39 Å². The van der Waals surface area contributed by atoms with Crippen molar-refractivity contribution in [1.82, 2.24) is 14.5 Å². The van der Waals surface area contributed by atoms with Crippen molar-refractivity contribution in [1.29, 1.82) is 0 Å². The van der Waals surface area contributed by atoms with Crippen molar-refractivity contribution in [3.8, 4) is 0 Å². The molecular formula is C23H26FN3. The number of benzene rings is 2. The van der Waals surface area contributed by atoms with Crippen LogP contribution in [-0.4, -0.2) is 34.1 Å². The average molecular weight is 363 g/mol. The molecule has 0 radical (unpaired) electrons. The Morgan fingerprint density at radius 1 is 1.07 bits per heavy atom. The van der Waals surface area contributed by atoms with Crippen LogP contribution < -0.4 is 0 Å². The molecule has 2 aromatic carbocycles. The molecule has 0 saturated carbocycles. The maximum absolute atomic E-state index is 13.3. The summed E-state index contributed by atoms with van der Waals surface area (Å²) in [5.74, 6) is 1.61. The number of halogens is 1.